The number of hydrogen-bond acceptors (Lipinski definition) is 4. The first-order valence-corrected chi connectivity index (χ1v) is 3.12. The van der Waals surface area contributed by atoms with E-state index in [1.54, 1.807) is 0 Å². The minimum absolute atomic E-state index is 0.123. The van der Waals surface area contributed by atoms with E-state index in [-0.39, 0.29) is 6.61 Å². The zero-order valence-electron chi connectivity index (χ0n) is 4.16. The molecule has 1 N–H and O–H groups in total. The molecular weight excluding hydrogens is 131 g/mol. The zero-order chi connectivity index (χ0) is 6.41. The van der Waals surface area contributed by atoms with Crippen molar-refractivity contribution in [2.24, 2.45) is 0 Å². The van der Waals surface area contributed by atoms with Crippen LogP contribution in [0.25, 0.3) is 0 Å². The smallest absolute Gasteiger partial charge is 0.305 e. The first-order chi connectivity index (χ1) is 3.81. The van der Waals surface area contributed by atoms with Gasteiger partial charge in [0, 0.05) is 0 Å². The van der Waals surface area contributed by atoms with E-state index in [9.17, 15) is 4.57 Å². The molecule has 0 aromatic rings. The maximum absolute atomic E-state index is 10.0. The minimum Gasteiger partial charge on any atom is -0.305 e. The summed E-state index contributed by atoms with van der Waals surface area (Å²) in [5.74, 6) is 0. The van der Waals surface area contributed by atoms with E-state index in [1.807, 2.05) is 0 Å². The molecule has 0 bridgehead atoms. The molecule has 0 aromatic carbocycles. The van der Waals surface area contributed by atoms with Crippen LogP contribution in [0, 0.1) is 0 Å². The van der Waals surface area contributed by atoms with Crippen molar-refractivity contribution in [3.63, 3.8) is 0 Å². The van der Waals surface area contributed by atoms with Gasteiger partial charge in [0.2, 0.25) is 0 Å². The highest BCUT2D eigenvalue weighted by Gasteiger charge is 1.91. The molecule has 0 aliphatic heterocycles. The Morgan fingerprint density at radius 3 is 2.88 bits per heavy atom. The van der Waals surface area contributed by atoms with Crippen molar-refractivity contribution in [2.45, 2.75) is 0 Å². The summed E-state index contributed by atoms with van der Waals surface area (Å²) in [6.45, 7) is 3.41. The molecule has 0 saturated heterocycles. The highest BCUT2D eigenvalue weighted by Crippen LogP contribution is 2.20. The molecular formula is C3H7O4P. The monoisotopic (exact) mass is 138 g/mol. The van der Waals surface area contributed by atoms with E-state index >= 15 is 0 Å². The van der Waals surface area contributed by atoms with Crippen LogP contribution in [0.1, 0.15) is 0 Å². The summed E-state index contributed by atoms with van der Waals surface area (Å²) in [7, 11) is -2.66. The second-order valence-corrected chi connectivity index (χ2v) is 1.91. The summed E-state index contributed by atoms with van der Waals surface area (Å²) in [6.07, 6.45) is 1.40. The maximum atomic E-state index is 10.0. The summed E-state index contributed by atoms with van der Waals surface area (Å²) < 4.78 is 17.6. The minimum atomic E-state index is -2.66. The van der Waals surface area contributed by atoms with Gasteiger partial charge < -0.3 is 4.52 Å². The first-order valence-electron chi connectivity index (χ1n) is 1.90. The van der Waals surface area contributed by atoms with Gasteiger partial charge in [-0.05, 0) is 0 Å². The molecule has 0 fully saturated rings. The van der Waals surface area contributed by atoms with Crippen LogP contribution < -0.4 is 0 Å². The van der Waals surface area contributed by atoms with E-state index in [0.717, 1.165) is 0 Å². The van der Waals surface area contributed by atoms with E-state index < -0.39 is 8.25 Å². The Hall–Kier alpha value is -0.150. The molecule has 4 nitrogen and oxygen atoms in total. The van der Waals surface area contributed by atoms with Crippen molar-refractivity contribution in [2.75, 3.05) is 6.61 Å². The molecule has 0 heterocycles. The van der Waals surface area contributed by atoms with Gasteiger partial charge in [-0.15, -0.1) is 6.58 Å². The van der Waals surface area contributed by atoms with Crippen molar-refractivity contribution < 1.29 is 19.0 Å². The molecule has 0 rings (SSSR count). The molecule has 0 aliphatic rings. The van der Waals surface area contributed by atoms with Crippen LogP contribution in [-0.2, 0) is 13.8 Å². The molecule has 0 amide bonds. The van der Waals surface area contributed by atoms with Gasteiger partial charge in [0.1, 0.15) is 0 Å². The maximum Gasteiger partial charge on any atom is 0.347 e. The topological polar surface area (TPSA) is 55.8 Å². The molecule has 5 heteroatoms. The molecule has 0 saturated carbocycles. The number of hydrogen-bond donors (Lipinski definition) is 1. The van der Waals surface area contributed by atoms with Crippen molar-refractivity contribution >= 4 is 8.25 Å². The van der Waals surface area contributed by atoms with Gasteiger partial charge in [-0.3, -0.25) is 4.57 Å². The molecule has 0 radical (unpaired) electrons. The molecule has 1 atom stereocenters. The van der Waals surface area contributed by atoms with Crippen LogP contribution in [0.4, 0.5) is 0 Å². The quantitative estimate of drug-likeness (QED) is 0.273. The predicted molar refractivity (Wildman–Crippen MR) is 28.9 cm³/mol. The molecule has 48 valence electrons. The van der Waals surface area contributed by atoms with Crippen LogP contribution in [0.3, 0.4) is 0 Å². The lowest BCUT2D eigenvalue weighted by Crippen LogP contribution is -1.79. The lowest BCUT2D eigenvalue weighted by atomic mass is 10.7. The Morgan fingerprint density at radius 1 is 1.88 bits per heavy atom. The van der Waals surface area contributed by atoms with Crippen LogP contribution in [0.5, 0.6) is 0 Å². The van der Waals surface area contributed by atoms with Gasteiger partial charge in [0.15, 0.2) is 0 Å². The van der Waals surface area contributed by atoms with E-state index in [0.29, 0.717) is 0 Å². The SMILES string of the molecule is C=CCO[PH](=O)OO. The van der Waals surface area contributed by atoms with Gasteiger partial charge in [-0.25, -0.2) is 5.26 Å². The highest BCUT2D eigenvalue weighted by molar-refractivity contribution is 7.33. The lowest BCUT2D eigenvalue weighted by molar-refractivity contribution is -0.141. The normalized spacial score (nSPS) is 13.1. The first kappa shape index (κ1) is 7.85. The third kappa shape index (κ3) is 4.02. The molecule has 0 aliphatic carbocycles. The van der Waals surface area contributed by atoms with Gasteiger partial charge in [0.25, 0.3) is 0 Å². The van der Waals surface area contributed by atoms with Crippen molar-refractivity contribution in [3.8, 4) is 0 Å². The predicted octanol–water partition coefficient (Wildman–Crippen LogP) is 1.07. The van der Waals surface area contributed by atoms with Crippen molar-refractivity contribution in [3.05, 3.63) is 12.7 Å². The van der Waals surface area contributed by atoms with Crippen molar-refractivity contribution in [1.82, 2.24) is 0 Å². The Morgan fingerprint density at radius 2 is 2.50 bits per heavy atom. The van der Waals surface area contributed by atoms with Crippen LogP contribution >= 0.6 is 8.25 Å². The van der Waals surface area contributed by atoms with Gasteiger partial charge >= 0.3 is 8.25 Å². The van der Waals surface area contributed by atoms with Crippen LogP contribution in [0.2, 0.25) is 0 Å². The van der Waals surface area contributed by atoms with Gasteiger partial charge in [0.05, 0.1) is 6.61 Å². The average molecular weight is 138 g/mol. The number of rotatable bonds is 4. The van der Waals surface area contributed by atoms with E-state index in [2.05, 4.69) is 15.8 Å². The fourth-order valence-electron chi connectivity index (χ4n) is 0.153. The molecule has 1 unspecified atom stereocenters. The summed E-state index contributed by atoms with van der Waals surface area (Å²) in [5, 5.41) is 7.63. The Balaban J connectivity index is 3.11. The third-order valence-electron chi connectivity index (χ3n) is 0.394. The average Bonchev–Trinajstić information content (AvgIpc) is 1.83. The highest BCUT2D eigenvalue weighted by atomic mass is 31.1. The van der Waals surface area contributed by atoms with Crippen LogP contribution in [0.15, 0.2) is 12.7 Å². The van der Waals surface area contributed by atoms with Gasteiger partial charge in [-0.1, -0.05) is 6.08 Å². The molecule has 0 spiro atoms. The lowest BCUT2D eigenvalue weighted by Gasteiger charge is -1.92. The molecule has 0 aromatic heterocycles. The Bertz CT molecular complexity index is 91.3. The Labute approximate surface area is 47.6 Å². The Kier molecular flexibility index (Phi) is 4.90. The summed E-state index contributed by atoms with van der Waals surface area (Å²) in [6, 6.07) is 0. The summed E-state index contributed by atoms with van der Waals surface area (Å²) >= 11 is 0. The fraction of sp³-hybridized carbons (Fsp3) is 0.333. The summed E-state index contributed by atoms with van der Waals surface area (Å²) in [5.41, 5.74) is 0. The zero-order valence-corrected chi connectivity index (χ0v) is 5.16. The third-order valence-corrected chi connectivity index (χ3v) is 0.945. The van der Waals surface area contributed by atoms with Crippen LogP contribution in [-0.4, -0.2) is 11.9 Å². The standard InChI is InChI=1S/C3H7O4P/c1-2-3-6-8(5)7-4/h2,4,8H,1,3H2. The summed E-state index contributed by atoms with van der Waals surface area (Å²) in [4.78, 5) is 0. The van der Waals surface area contributed by atoms with Gasteiger partial charge in [-0.2, -0.15) is 4.67 Å². The second-order valence-electron chi connectivity index (χ2n) is 0.941. The fourth-order valence-corrected chi connectivity index (χ4v) is 0.460. The largest absolute Gasteiger partial charge is 0.347 e. The second kappa shape index (κ2) is 5.00. The molecule has 8 heavy (non-hydrogen) atoms. The van der Waals surface area contributed by atoms with Crippen molar-refractivity contribution in [1.29, 1.82) is 0 Å². The van der Waals surface area contributed by atoms with E-state index in [4.69, 9.17) is 5.26 Å². The van der Waals surface area contributed by atoms with E-state index in [1.165, 1.54) is 6.08 Å².